The number of carbonyl (C=O) groups excluding carboxylic acids is 2. The van der Waals surface area contributed by atoms with Crippen molar-refractivity contribution in [3.63, 3.8) is 0 Å². The number of hydrogen-bond acceptors (Lipinski definition) is 2. The zero-order valence-corrected chi connectivity index (χ0v) is 12.9. The van der Waals surface area contributed by atoms with Crippen molar-refractivity contribution in [2.45, 2.75) is 13.8 Å². The van der Waals surface area contributed by atoms with E-state index < -0.39 is 17.8 Å². The molecule has 6 heteroatoms. The first-order valence-electron chi connectivity index (χ1n) is 7.12. The van der Waals surface area contributed by atoms with Crippen molar-refractivity contribution < 1.29 is 14.0 Å². The van der Waals surface area contributed by atoms with Gasteiger partial charge in [0.1, 0.15) is 5.82 Å². The third-order valence-electron chi connectivity index (χ3n) is 3.19. The Hall–Kier alpha value is -2.89. The lowest BCUT2D eigenvalue weighted by Gasteiger charge is -2.11. The Labute approximate surface area is 133 Å². The van der Waals surface area contributed by atoms with Gasteiger partial charge >= 0.3 is 6.03 Å². The van der Waals surface area contributed by atoms with Crippen LogP contribution in [0.5, 0.6) is 0 Å². The Morgan fingerprint density at radius 3 is 2.43 bits per heavy atom. The van der Waals surface area contributed by atoms with Gasteiger partial charge in [-0.25, -0.2) is 9.18 Å². The number of carbonyl (C=O) groups is 2. The molecular weight excluding hydrogens is 297 g/mol. The number of para-hydroxylation sites is 1. The van der Waals surface area contributed by atoms with E-state index in [1.54, 1.807) is 12.1 Å². The first-order valence-corrected chi connectivity index (χ1v) is 7.12. The minimum Gasteiger partial charge on any atom is -0.329 e. The monoisotopic (exact) mass is 315 g/mol. The van der Waals surface area contributed by atoms with Crippen LogP contribution >= 0.6 is 0 Å². The van der Waals surface area contributed by atoms with E-state index in [2.05, 4.69) is 16.0 Å². The van der Waals surface area contributed by atoms with Crippen LogP contribution in [0.3, 0.4) is 0 Å². The van der Waals surface area contributed by atoms with Gasteiger partial charge in [0.05, 0.1) is 12.2 Å². The van der Waals surface area contributed by atoms with Crippen molar-refractivity contribution in [3.05, 3.63) is 59.4 Å². The lowest BCUT2D eigenvalue weighted by molar-refractivity contribution is -0.115. The first-order chi connectivity index (χ1) is 11.0. The highest BCUT2D eigenvalue weighted by Crippen LogP contribution is 2.15. The van der Waals surface area contributed by atoms with Gasteiger partial charge in [0.15, 0.2) is 0 Å². The average Bonchev–Trinajstić information content (AvgIpc) is 2.50. The van der Waals surface area contributed by atoms with Crippen LogP contribution < -0.4 is 16.0 Å². The van der Waals surface area contributed by atoms with Crippen LogP contribution in [0.4, 0.5) is 20.6 Å². The summed E-state index contributed by atoms with van der Waals surface area (Å²) < 4.78 is 13.4. The average molecular weight is 315 g/mol. The summed E-state index contributed by atoms with van der Waals surface area (Å²) in [5.74, 6) is -1.04. The Kier molecular flexibility index (Phi) is 5.30. The summed E-state index contributed by atoms with van der Waals surface area (Å²) in [6.07, 6.45) is 0. The number of anilines is 2. The molecule has 2 aromatic carbocycles. The van der Waals surface area contributed by atoms with Gasteiger partial charge in [-0.1, -0.05) is 29.8 Å². The summed E-state index contributed by atoms with van der Waals surface area (Å²) in [4.78, 5) is 23.5. The predicted octanol–water partition coefficient (Wildman–Crippen LogP) is 3.20. The van der Waals surface area contributed by atoms with E-state index in [0.717, 1.165) is 11.1 Å². The molecule has 2 rings (SSSR count). The van der Waals surface area contributed by atoms with Crippen molar-refractivity contribution in [3.8, 4) is 0 Å². The van der Waals surface area contributed by atoms with E-state index in [9.17, 15) is 14.0 Å². The number of nitrogens with one attached hydrogen (secondary N) is 3. The number of benzene rings is 2. The summed E-state index contributed by atoms with van der Waals surface area (Å²) in [6, 6.07) is 11.0. The van der Waals surface area contributed by atoms with Crippen molar-refractivity contribution >= 4 is 23.3 Å². The molecule has 0 aromatic heterocycles. The molecule has 0 saturated carbocycles. The van der Waals surface area contributed by atoms with E-state index in [4.69, 9.17) is 0 Å². The van der Waals surface area contributed by atoms with Gasteiger partial charge in [-0.15, -0.1) is 0 Å². The van der Waals surface area contributed by atoms with Crippen LogP contribution in [0.25, 0.3) is 0 Å². The Bertz CT molecular complexity index is 732. The van der Waals surface area contributed by atoms with E-state index in [-0.39, 0.29) is 12.2 Å². The third-order valence-corrected chi connectivity index (χ3v) is 3.19. The van der Waals surface area contributed by atoms with Crippen molar-refractivity contribution in [2.75, 3.05) is 17.2 Å². The van der Waals surface area contributed by atoms with Crippen LogP contribution in [0.1, 0.15) is 11.1 Å². The molecule has 0 aliphatic rings. The van der Waals surface area contributed by atoms with Crippen LogP contribution in [0.2, 0.25) is 0 Å². The summed E-state index contributed by atoms with van der Waals surface area (Å²) >= 11 is 0. The zero-order valence-electron chi connectivity index (χ0n) is 12.9. The smallest absolute Gasteiger partial charge is 0.319 e. The van der Waals surface area contributed by atoms with Crippen molar-refractivity contribution in [1.29, 1.82) is 0 Å². The number of halogens is 1. The van der Waals surface area contributed by atoms with Crippen molar-refractivity contribution in [1.82, 2.24) is 5.32 Å². The van der Waals surface area contributed by atoms with Gasteiger partial charge in [0.2, 0.25) is 5.91 Å². The maximum absolute atomic E-state index is 13.4. The Balaban J connectivity index is 1.84. The van der Waals surface area contributed by atoms with Crippen molar-refractivity contribution in [2.24, 2.45) is 0 Å². The van der Waals surface area contributed by atoms with E-state index in [1.807, 2.05) is 26.0 Å². The molecule has 0 spiro atoms. The third kappa shape index (κ3) is 4.81. The number of urea groups is 1. The van der Waals surface area contributed by atoms with E-state index in [0.29, 0.717) is 5.69 Å². The van der Waals surface area contributed by atoms with Gasteiger partial charge in [-0.05, 0) is 37.6 Å². The maximum atomic E-state index is 13.4. The van der Waals surface area contributed by atoms with Crippen LogP contribution in [0, 0.1) is 19.7 Å². The molecule has 0 aliphatic carbocycles. The highest BCUT2D eigenvalue weighted by molar-refractivity contribution is 5.97. The van der Waals surface area contributed by atoms with Crippen LogP contribution in [-0.4, -0.2) is 18.5 Å². The molecule has 120 valence electrons. The number of hydrogen-bond donors (Lipinski definition) is 3. The molecule has 0 unspecified atom stereocenters. The largest absolute Gasteiger partial charge is 0.329 e. The maximum Gasteiger partial charge on any atom is 0.319 e. The molecule has 0 radical (unpaired) electrons. The second-order valence-corrected chi connectivity index (χ2v) is 5.15. The second kappa shape index (κ2) is 7.40. The predicted molar refractivity (Wildman–Crippen MR) is 88.0 cm³/mol. The molecule has 0 aliphatic heterocycles. The molecule has 0 atom stereocenters. The molecular formula is C17H18FN3O2. The molecule has 2 aromatic rings. The SMILES string of the molecule is Cc1ccc(NC(=O)NCC(=O)Nc2ccccc2F)c(C)c1. The number of amides is 3. The summed E-state index contributed by atoms with van der Waals surface area (Å²) in [7, 11) is 0. The minimum atomic E-state index is -0.527. The summed E-state index contributed by atoms with van der Waals surface area (Å²) in [5, 5.41) is 7.48. The molecule has 5 nitrogen and oxygen atoms in total. The van der Waals surface area contributed by atoms with Crippen LogP contribution in [0.15, 0.2) is 42.5 Å². The van der Waals surface area contributed by atoms with Gasteiger partial charge in [0.25, 0.3) is 0 Å². The number of rotatable bonds is 4. The first kappa shape index (κ1) is 16.5. The molecule has 23 heavy (non-hydrogen) atoms. The normalized spacial score (nSPS) is 10.0. The Morgan fingerprint density at radius 1 is 1.00 bits per heavy atom. The lowest BCUT2D eigenvalue weighted by Crippen LogP contribution is -2.36. The topological polar surface area (TPSA) is 70.2 Å². The Morgan fingerprint density at radius 2 is 1.74 bits per heavy atom. The van der Waals surface area contributed by atoms with Gasteiger partial charge < -0.3 is 16.0 Å². The highest BCUT2D eigenvalue weighted by Gasteiger charge is 2.09. The summed E-state index contributed by atoms with van der Waals surface area (Å²) in [6.45, 7) is 3.59. The number of aryl methyl sites for hydroxylation is 2. The molecule has 0 saturated heterocycles. The van der Waals surface area contributed by atoms with Crippen LogP contribution in [-0.2, 0) is 4.79 Å². The quantitative estimate of drug-likeness (QED) is 0.811. The van der Waals surface area contributed by atoms with E-state index >= 15 is 0 Å². The van der Waals surface area contributed by atoms with Gasteiger partial charge in [-0.3, -0.25) is 4.79 Å². The molecule has 3 amide bonds. The molecule has 3 N–H and O–H groups in total. The fraction of sp³-hybridized carbons (Fsp3) is 0.176. The lowest BCUT2D eigenvalue weighted by atomic mass is 10.1. The fourth-order valence-electron chi connectivity index (χ4n) is 2.04. The minimum absolute atomic E-state index is 0.0779. The van der Waals surface area contributed by atoms with E-state index in [1.165, 1.54) is 18.2 Å². The zero-order chi connectivity index (χ0) is 16.8. The molecule has 0 bridgehead atoms. The standard InChI is InChI=1S/C17H18FN3O2/c1-11-7-8-14(12(2)9-11)21-17(23)19-10-16(22)20-15-6-4-3-5-13(15)18/h3-9H,10H2,1-2H3,(H,20,22)(H2,19,21,23). The second-order valence-electron chi connectivity index (χ2n) is 5.15. The molecule has 0 heterocycles. The van der Waals surface area contributed by atoms with Gasteiger partial charge in [-0.2, -0.15) is 0 Å². The molecule has 0 fully saturated rings. The van der Waals surface area contributed by atoms with Gasteiger partial charge in [0, 0.05) is 5.69 Å². The fourth-order valence-corrected chi connectivity index (χ4v) is 2.04. The highest BCUT2D eigenvalue weighted by atomic mass is 19.1. The summed E-state index contributed by atoms with van der Waals surface area (Å²) in [5.41, 5.74) is 2.77.